The van der Waals surface area contributed by atoms with Crippen LogP contribution in [0.4, 0.5) is 0 Å². The van der Waals surface area contributed by atoms with Crippen LogP contribution in [0.25, 0.3) is 0 Å². The van der Waals surface area contributed by atoms with Crippen molar-refractivity contribution in [3.05, 3.63) is 33.8 Å². The Kier molecular flexibility index (Phi) is 5.77. The van der Waals surface area contributed by atoms with Gasteiger partial charge in [0.1, 0.15) is 0 Å². The molecule has 0 saturated carbocycles. The fraction of sp³-hybridized carbons (Fsp3) is 0.462. The van der Waals surface area contributed by atoms with Crippen molar-refractivity contribution >= 4 is 23.2 Å². The van der Waals surface area contributed by atoms with Crippen LogP contribution < -0.4 is 0 Å². The first-order valence-electron chi connectivity index (χ1n) is 5.54. The van der Waals surface area contributed by atoms with Crippen molar-refractivity contribution in [3.8, 4) is 6.07 Å². The van der Waals surface area contributed by atoms with Crippen LogP contribution in [0.15, 0.2) is 18.2 Å². The highest BCUT2D eigenvalue weighted by molar-refractivity contribution is 6.42. The van der Waals surface area contributed by atoms with Crippen LogP contribution in [0.1, 0.15) is 24.3 Å². The van der Waals surface area contributed by atoms with Crippen LogP contribution in [0.3, 0.4) is 0 Å². The molecule has 1 unspecified atom stereocenters. The summed E-state index contributed by atoms with van der Waals surface area (Å²) < 4.78 is 0. The van der Waals surface area contributed by atoms with E-state index in [2.05, 4.69) is 11.0 Å². The molecule has 1 aromatic carbocycles. The number of benzene rings is 1. The van der Waals surface area contributed by atoms with E-state index in [1.54, 1.807) is 12.1 Å². The molecule has 0 heterocycles. The molecule has 0 N–H and O–H groups in total. The Morgan fingerprint density at radius 1 is 1.29 bits per heavy atom. The average molecular weight is 271 g/mol. The summed E-state index contributed by atoms with van der Waals surface area (Å²) in [6, 6.07) is 7.72. The molecule has 4 heteroatoms. The number of hydrogen-bond donors (Lipinski definition) is 0. The van der Waals surface area contributed by atoms with Gasteiger partial charge in [0, 0.05) is 0 Å². The molecule has 0 fully saturated rings. The third-order valence-electron chi connectivity index (χ3n) is 2.60. The first-order valence-corrected chi connectivity index (χ1v) is 6.29. The summed E-state index contributed by atoms with van der Waals surface area (Å²) in [5.74, 6) is -0.107. The molecule has 92 valence electrons. The van der Waals surface area contributed by atoms with Gasteiger partial charge >= 0.3 is 0 Å². The second-order valence-corrected chi connectivity index (χ2v) is 5.12. The van der Waals surface area contributed by atoms with Crippen LogP contribution in [0.5, 0.6) is 0 Å². The molecule has 0 aromatic heterocycles. The smallest absolute Gasteiger partial charge is 0.0713 e. The zero-order chi connectivity index (χ0) is 12.8. The quantitative estimate of drug-likeness (QED) is 0.811. The zero-order valence-electron chi connectivity index (χ0n) is 10.1. The molecule has 1 atom stereocenters. The minimum atomic E-state index is -0.107. The van der Waals surface area contributed by atoms with Crippen molar-refractivity contribution in [1.82, 2.24) is 4.90 Å². The molecule has 0 aliphatic heterocycles. The molecule has 0 radical (unpaired) electrons. The van der Waals surface area contributed by atoms with Gasteiger partial charge in [0.05, 0.1) is 22.0 Å². The van der Waals surface area contributed by atoms with E-state index in [9.17, 15) is 0 Å². The predicted molar refractivity (Wildman–Crippen MR) is 72.6 cm³/mol. The van der Waals surface area contributed by atoms with Gasteiger partial charge in [-0.15, -0.1) is 0 Å². The van der Waals surface area contributed by atoms with Gasteiger partial charge in [-0.1, -0.05) is 29.3 Å². The Labute approximate surface area is 113 Å². The summed E-state index contributed by atoms with van der Waals surface area (Å²) >= 11 is 11.8. The van der Waals surface area contributed by atoms with E-state index >= 15 is 0 Å². The zero-order valence-corrected chi connectivity index (χ0v) is 11.6. The maximum Gasteiger partial charge on any atom is 0.0713 e. The first kappa shape index (κ1) is 14.3. The van der Waals surface area contributed by atoms with Crippen molar-refractivity contribution < 1.29 is 0 Å². The predicted octanol–water partition coefficient (Wildman–Crippen LogP) is 3.94. The summed E-state index contributed by atoms with van der Waals surface area (Å²) in [6.07, 6.45) is 1.83. The molecule has 17 heavy (non-hydrogen) atoms. The number of nitriles is 1. The first-order chi connectivity index (χ1) is 8.04. The normalized spacial score (nSPS) is 12.5. The van der Waals surface area contributed by atoms with Gasteiger partial charge in [0.15, 0.2) is 0 Å². The average Bonchev–Trinajstić information content (AvgIpc) is 2.28. The second-order valence-electron chi connectivity index (χ2n) is 4.30. The van der Waals surface area contributed by atoms with Gasteiger partial charge in [-0.3, -0.25) is 0 Å². The molecule has 0 saturated heterocycles. The van der Waals surface area contributed by atoms with E-state index in [4.69, 9.17) is 28.5 Å². The SMILES string of the molecule is CN(C)CCCC(C#N)c1ccc(Cl)c(Cl)c1. The molecule has 2 nitrogen and oxygen atoms in total. The number of rotatable bonds is 5. The lowest BCUT2D eigenvalue weighted by Gasteiger charge is -2.13. The van der Waals surface area contributed by atoms with E-state index in [1.807, 2.05) is 20.2 Å². The molecule has 0 bridgehead atoms. The highest BCUT2D eigenvalue weighted by Gasteiger charge is 2.12. The number of hydrogen-bond acceptors (Lipinski definition) is 2. The number of halogens is 2. The van der Waals surface area contributed by atoms with Gasteiger partial charge in [-0.05, 0) is 51.2 Å². The van der Waals surface area contributed by atoms with Crippen LogP contribution >= 0.6 is 23.2 Å². The summed E-state index contributed by atoms with van der Waals surface area (Å²) in [6.45, 7) is 0.986. The minimum Gasteiger partial charge on any atom is -0.309 e. The summed E-state index contributed by atoms with van der Waals surface area (Å²) in [7, 11) is 4.06. The van der Waals surface area contributed by atoms with Gasteiger partial charge in [0.25, 0.3) is 0 Å². The van der Waals surface area contributed by atoms with Crippen molar-refractivity contribution in [2.45, 2.75) is 18.8 Å². The third-order valence-corrected chi connectivity index (χ3v) is 3.34. The number of nitrogens with zero attached hydrogens (tertiary/aromatic N) is 2. The molecular formula is C13H16Cl2N2. The highest BCUT2D eigenvalue weighted by atomic mass is 35.5. The Morgan fingerprint density at radius 3 is 2.53 bits per heavy atom. The minimum absolute atomic E-state index is 0.107. The maximum atomic E-state index is 9.17. The standard InChI is InChI=1S/C13H16Cl2N2/c1-17(2)7-3-4-11(9-16)10-5-6-12(14)13(15)8-10/h5-6,8,11H,3-4,7H2,1-2H3. The fourth-order valence-electron chi connectivity index (χ4n) is 1.65. The molecule has 1 rings (SSSR count). The van der Waals surface area contributed by atoms with Crippen molar-refractivity contribution in [2.24, 2.45) is 0 Å². The Balaban J connectivity index is 2.67. The lowest BCUT2D eigenvalue weighted by atomic mass is 9.96. The summed E-state index contributed by atoms with van der Waals surface area (Å²) in [4.78, 5) is 2.11. The van der Waals surface area contributed by atoms with Crippen molar-refractivity contribution in [2.75, 3.05) is 20.6 Å². The molecule has 0 amide bonds. The van der Waals surface area contributed by atoms with Crippen molar-refractivity contribution in [1.29, 1.82) is 5.26 Å². The highest BCUT2D eigenvalue weighted by Crippen LogP contribution is 2.28. The molecule has 0 aliphatic carbocycles. The van der Waals surface area contributed by atoms with E-state index in [0.29, 0.717) is 10.0 Å². The summed E-state index contributed by atoms with van der Waals surface area (Å²) in [5, 5.41) is 10.2. The van der Waals surface area contributed by atoms with Gasteiger partial charge in [0.2, 0.25) is 0 Å². The fourth-order valence-corrected chi connectivity index (χ4v) is 1.95. The largest absolute Gasteiger partial charge is 0.309 e. The molecule has 0 aliphatic rings. The van der Waals surface area contributed by atoms with Crippen LogP contribution in [-0.4, -0.2) is 25.5 Å². The third kappa shape index (κ3) is 4.55. The van der Waals surface area contributed by atoms with E-state index in [-0.39, 0.29) is 5.92 Å². The van der Waals surface area contributed by atoms with Crippen LogP contribution in [0, 0.1) is 11.3 Å². The maximum absolute atomic E-state index is 9.17. The van der Waals surface area contributed by atoms with E-state index < -0.39 is 0 Å². The van der Waals surface area contributed by atoms with Gasteiger partial charge in [-0.2, -0.15) is 5.26 Å². The Bertz CT molecular complexity index is 410. The van der Waals surface area contributed by atoms with E-state index in [1.165, 1.54) is 0 Å². The second kappa shape index (κ2) is 6.86. The molecule has 0 spiro atoms. The molecule has 1 aromatic rings. The lowest BCUT2D eigenvalue weighted by molar-refractivity contribution is 0.391. The Hall–Kier alpha value is -0.750. The van der Waals surface area contributed by atoms with Crippen molar-refractivity contribution in [3.63, 3.8) is 0 Å². The van der Waals surface area contributed by atoms with E-state index in [0.717, 1.165) is 24.9 Å². The van der Waals surface area contributed by atoms with Gasteiger partial charge in [-0.25, -0.2) is 0 Å². The topological polar surface area (TPSA) is 27.0 Å². The summed E-state index contributed by atoms with van der Waals surface area (Å²) in [5.41, 5.74) is 0.945. The molecular weight excluding hydrogens is 255 g/mol. The Morgan fingerprint density at radius 2 is 2.00 bits per heavy atom. The monoisotopic (exact) mass is 270 g/mol. The van der Waals surface area contributed by atoms with Crippen LogP contribution in [-0.2, 0) is 0 Å². The van der Waals surface area contributed by atoms with Crippen LogP contribution in [0.2, 0.25) is 10.0 Å². The van der Waals surface area contributed by atoms with Gasteiger partial charge < -0.3 is 4.90 Å². The lowest BCUT2D eigenvalue weighted by Crippen LogP contribution is -2.13.